The lowest BCUT2D eigenvalue weighted by atomic mass is 10.1. The van der Waals surface area contributed by atoms with Crippen molar-refractivity contribution >= 4 is 28.5 Å². The minimum Gasteiger partial charge on any atom is -0.493 e. The van der Waals surface area contributed by atoms with E-state index in [1.165, 1.54) is 30.1 Å². The number of aromatic nitrogens is 2. The van der Waals surface area contributed by atoms with Crippen molar-refractivity contribution in [2.75, 3.05) is 38.9 Å². The first-order valence-corrected chi connectivity index (χ1v) is 12.7. The van der Waals surface area contributed by atoms with Gasteiger partial charge in [0, 0.05) is 6.42 Å². The summed E-state index contributed by atoms with van der Waals surface area (Å²) < 4.78 is 22.4. The van der Waals surface area contributed by atoms with Crippen molar-refractivity contribution in [2.45, 2.75) is 26.7 Å². The SMILES string of the molecule is CCCc1nnc(NC(=O)C(C#N)=Cc2ccc(OCCOCCOc3ccc(C)cc3)c(OC)c2)s1. The van der Waals surface area contributed by atoms with Gasteiger partial charge in [0.25, 0.3) is 5.91 Å². The van der Waals surface area contributed by atoms with E-state index < -0.39 is 5.91 Å². The summed E-state index contributed by atoms with van der Waals surface area (Å²) in [6.45, 7) is 5.66. The Labute approximate surface area is 220 Å². The first kappa shape index (κ1) is 27.6. The van der Waals surface area contributed by atoms with Crippen molar-refractivity contribution in [3.63, 3.8) is 0 Å². The van der Waals surface area contributed by atoms with E-state index in [1.807, 2.05) is 44.2 Å². The molecule has 1 amide bonds. The highest BCUT2D eigenvalue weighted by molar-refractivity contribution is 7.15. The van der Waals surface area contributed by atoms with Gasteiger partial charge in [-0.2, -0.15) is 5.26 Å². The molecule has 0 aliphatic carbocycles. The van der Waals surface area contributed by atoms with Gasteiger partial charge in [-0.1, -0.05) is 42.0 Å². The van der Waals surface area contributed by atoms with Gasteiger partial charge in [-0.15, -0.1) is 10.2 Å². The van der Waals surface area contributed by atoms with Crippen LogP contribution in [0.25, 0.3) is 6.08 Å². The maximum absolute atomic E-state index is 12.5. The first-order valence-electron chi connectivity index (χ1n) is 11.9. The number of rotatable bonds is 14. The smallest absolute Gasteiger partial charge is 0.268 e. The number of amides is 1. The Balaban J connectivity index is 1.48. The molecule has 37 heavy (non-hydrogen) atoms. The largest absolute Gasteiger partial charge is 0.493 e. The molecule has 0 unspecified atom stereocenters. The second-order valence-corrected chi connectivity index (χ2v) is 8.97. The summed E-state index contributed by atoms with van der Waals surface area (Å²) in [4.78, 5) is 12.5. The lowest BCUT2D eigenvalue weighted by molar-refractivity contribution is -0.112. The molecule has 3 rings (SSSR count). The third kappa shape index (κ3) is 8.90. The minimum atomic E-state index is -0.551. The average Bonchev–Trinajstić information content (AvgIpc) is 3.34. The van der Waals surface area contributed by atoms with Crippen molar-refractivity contribution in [3.05, 3.63) is 64.2 Å². The molecule has 1 N–H and O–H groups in total. The Bertz CT molecular complexity index is 1230. The fourth-order valence-corrected chi connectivity index (χ4v) is 3.99. The molecule has 0 saturated heterocycles. The molecule has 1 aromatic heterocycles. The number of benzene rings is 2. The van der Waals surface area contributed by atoms with Gasteiger partial charge in [0.1, 0.15) is 35.6 Å². The van der Waals surface area contributed by atoms with E-state index in [9.17, 15) is 10.1 Å². The van der Waals surface area contributed by atoms with Gasteiger partial charge < -0.3 is 18.9 Å². The van der Waals surface area contributed by atoms with Crippen LogP contribution in [0.4, 0.5) is 5.13 Å². The normalized spacial score (nSPS) is 11.0. The highest BCUT2D eigenvalue weighted by Crippen LogP contribution is 2.29. The van der Waals surface area contributed by atoms with Crippen LogP contribution in [-0.4, -0.2) is 49.6 Å². The summed E-state index contributed by atoms with van der Waals surface area (Å²) in [5.74, 6) is 1.26. The molecule has 0 aliphatic rings. The maximum Gasteiger partial charge on any atom is 0.268 e. The van der Waals surface area contributed by atoms with Crippen LogP contribution < -0.4 is 19.5 Å². The fourth-order valence-electron chi connectivity index (χ4n) is 3.16. The Morgan fingerprint density at radius 1 is 1.05 bits per heavy atom. The number of aryl methyl sites for hydroxylation is 2. The fraction of sp³-hybridized carbons (Fsp3) is 0.333. The number of carbonyl (C=O) groups is 1. The van der Waals surface area contributed by atoms with E-state index in [1.54, 1.807) is 18.2 Å². The van der Waals surface area contributed by atoms with Gasteiger partial charge in [0.05, 0.1) is 20.3 Å². The average molecular weight is 523 g/mol. The summed E-state index contributed by atoms with van der Waals surface area (Å²) in [6.07, 6.45) is 3.20. The number of anilines is 1. The van der Waals surface area contributed by atoms with Crippen molar-refractivity contribution in [1.29, 1.82) is 5.26 Å². The molecule has 3 aromatic rings. The zero-order chi connectivity index (χ0) is 26.5. The van der Waals surface area contributed by atoms with Crippen molar-refractivity contribution in [2.24, 2.45) is 0 Å². The standard InChI is InChI=1S/C27H30N4O5S/c1-4-5-25-30-31-27(37-25)29-26(32)21(18-28)16-20-8-11-23(24(17-20)33-3)36-15-13-34-12-14-35-22-9-6-19(2)7-10-22/h6-11,16-17H,4-5,12-15H2,1-3H3,(H,29,31,32). The first-order chi connectivity index (χ1) is 18.0. The molecular weight excluding hydrogens is 492 g/mol. The summed E-state index contributed by atoms with van der Waals surface area (Å²) in [5.41, 5.74) is 1.73. The molecule has 0 atom stereocenters. The molecule has 0 bridgehead atoms. The van der Waals surface area contributed by atoms with Crippen LogP contribution in [-0.2, 0) is 16.0 Å². The maximum atomic E-state index is 12.5. The van der Waals surface area contributed by atoms with Crippen molar-refractivity contribution in [1.82, 2.24) is 10.2 Å². The van der Waals surface area contributed by atoms with Crippen LogP contribution in [0.3, 0.4) is 0 Å². The predicted octanol–water partition coefficient (Wildman–Crippen LogP) is 4.83. The molecule has 2 aromatic carbocycles. The Morgan fingerprint density at radius 2 is 1.81 bits per heavy atom. The lowest BCUT2D eigenvalue weighted by Crippen LogP contribution is -2.13. The second-order valence-electron chi connectivity index (χ2n) is 7.91. The molecule has 0 fully saturated rings. The Morgan fingerprint density at radius 3 is 2.51 bits per heavy atom. The van der Waals surface area contributed by atoms with Gasteiger partial charge in [-0.25, -0.2) is 0 Å². The quantitative estimate of drug-likeness (QED) is 0.182. The van der Waals surface area contributed by atoms with E-state index in [2.05, 4.69) is 15.5 Å². The summed E-state index contributed by atoms with van der Waals surface area (Å²) in [6, 6.07) is 14.9. The highest BCUT2D eigenvalue weighted by atomic mass is 32.1. The van der Waals surface area contributed by atoms with Crippen LogP contribution in [0.1, 0.15) is 29.5 Å². The molecular formula is C27H30N4O5S. The molecule has 9 nitrogen and oxygen atoms in total. The summed E-state index contributed by atoms with van der Waals surface area (Å²) in [5, 5.41) is 21.3. The number of methoxy groups -OCH3 is 1. The Hall–Kier alpha value is -3.94. The monoisotopic (exact) mass is 522 g/mol. The third-order valence-electron chi connectivity index (χ3n) is 5.02. The van der Waals surface area contributed by atoms with Crippen LogP contribution in [0.2, 0.25) is 0 Å². The highest BCUT2D eigenvalue weighted by Gasteiger charge is 2.14. The van der Waals surface area contributed by atoms with Gasteiger partial charge in [0.2, 0.25) is 5.13 Å². The number of ether oxygens (including phenoxy) is 4. The summed E-state index contributed by atoms with van der Waals surface area (Å²) in [7, 11) is 1.52. The number of nitrogens with one attached hydrogen (secondary N) is 1. The van der Waals surface area contributed by atoms with Crippen LogP contribution in [0.15, 0.2) is 48.0 Å². The lowest BCUT2D eigenvalue weighted by Gasteiger charge is -2.12. The molecule has 1 heterocycles. The molecule has 0 spiro atoms. The summed E-state index contributed by atoms with van der Waals surface area (Å²) >= 11 is 1.30. The number of nitrogens with zero attached hydrogens (tertiary/aromatic N) is 3. The molecule has 0 aliphatic heterocycles. The van der Waals surface area contributed by atoms with Gasteiger partial charge in [-0.3, -0.25) is 10.1 Å². The molecule has 194 valence electrons. The number of hydrogen-bond donors (Lipinski definition) is 1. The van der Waals surface area contributed by atoms with Crippen LogP contribution in [0.5, 0.6) is 17.2 Å². The second kappa shape index (κ2) is 14.6. The van der Waals surface area contributed by atoms with E-state index in [0.717, 1.165) is 23.6 Å². The number of nitriles is 1. The molecule has 10 heteroatoms. The van der Waals surface area contributed by atoms with Crippen molar-refractivity contribution in [3.8, 4) is 23.3 Å². The minimum absolute atomic E-state index is 0.0655. The van der Waals surface area contributed by atoms with Crippen LogP contribution in [0, 0.1) is 18.3 Å². The van der Waals surface area contributed by atoms with Crippen molar-refractivity contribution < 1.29 is 23.7 Å². The number of hydrogen-bond acceptors (Lipinski definition) is 9. The van der Waals surface area contributed by atoms with E-state index in [-0.39, 0.29) is 5.57 Å². The zero-order valence-corrected chi connectivity index (χ0v) is 22.0. The third-order valence-corrected chi connectivity index (χ3v) is 5.92. The van der Waals surface area contributed by atoms with Gasteiger partial charge >= 0.3 is 0 Å². The number of carbonyl (C=O) groups excluding carboxylic acids is 1. The van der Waals surface area contributed by atoms with Gasteiger partial charge in [0.15, 0.2) is 11.5 Å². The van der Waals surface area contributed by atoms with E-state index >= 15 is 0 Å². The van der Waals surface area contributed by atoms with Crippen LogP contribution >= 0.6 is 11.3 Å². The molecule has 0 saturated carbocycles. The molecule has 0 radical (unpaired) electrons. The predicted molar refractivity (Wildman–Crippen MR) is 142 cm³/mol. The Kier molecular flexibility index (Phi) is 10.9. The topological polar surface area (TPSA) is 116 Å². The van der Waals surface area contributed by atoms with Gasteiger partial charge in [-0.05, 0) is 49.2 Å². The van der Waals surface area contributed by atoms with E-state index in [0.29, 0.717) is 48.6 Å². The van der Waals surface area contributed by atoms with E-state index in [4.69, 9.17) is 18.9 Å². The zero-order valence-electron chi connectivity index (χ0n) is 21.2.